The minimum absolute atomic E-state index is 0.0332. The Morgan fingerprint density at radius 2 is 1.78 bits per heavy atom. The van der Waals surface area contributed by atoms with E-state index in [2.05, 4.69) is 13.5 Å². The first-order valence-corrected chi connectivity index (χ1v) is 8.68. The quantitative estimate of drug-likeness (QED) is 0.424. The zero-order chi connectivity index (χ0) is 17.0. The van der Waals surface area contributed by atoms with Gasteiger partial charge in [0.1, 0.15) is 0 Å². The minimum atomic E-state index is -0.935. The van der Waals surface area contributed by atoms with Crippen molar-refractivity contribution >= 4 is 17.8 Å². The minimum Gasteiger partial charge on any atom is -0.478 e. The number of carboxylic acids is 1. The molecular formula is C18H27NO4. The lowest BCUT2D eigenvalue weighted by molar-refractivity contribution is -0.140. The van der Waals surface area contributed by atoms with E-state index >= 15 is 0 Å². The monoisotopic (exact) mass is 321 g/mol. The number of likely N-dealkylation sites (tertiary alicyclic amines) is 1. The molecule has 0 spiro atoms. The number of nitrogens with zero attached hydrogens (tertiary/aromatic N) is 1. The molecule has 5 heteroatoms. The number of imide groups is 1. The Balaban J connectivity index is 1.70. The second kappa shape index (κ2) is 7.75. The Labute approximate surface area is 137 Å². The van der Waals surface area contributed by atoms with Gasteiger partial charge in [0.15, 0.2) is 0 Å². The van der Waals surface area contributed by atoms with Gasteiger partial charge in [-0.05, 0) is 44.4 Å². The summed E-state index contributed by atoms with van der Waals surface area (Å²) < 4.78 is 0. The third kappa shape index (κ3) is 4.21. The van der Waals surface area contributed by atoms with Crippen molar-refractivity contribution in [3.05, 3.63) is 12.2 Å². The Hall–Kier alpha value is -1.65. The van der Waals surface area contributed by atoms with Crippen LogP contribution in [0.25, 0.3) is 0 Å². The first-order valence-electron chi connectivity index (χ1n) is 8.68. The van der Waals surface area contributed by atoms with Crippen LogP contribution in [0, 0.1) is 17.8 Å². The third-order valence-electron chi connectivity index (χ3n) is 5.19. The lowest BCUT2D eigenvalue weighted by Crippen LogP contribution is -2.32. The van der Waals surface area contributed by atoms with Gasteiger partial charge in [-0.15, -0.1) is 0 Å². The fourth-order valence-corrected chi connectivity index (χ4v) is 3.75. The largest absolute Gasteiger partial charge is 0.478 e. The van der Waals surface area contributed by atoms with E-state index in [1.807, 2.05) is 0 Å². The lowest BCUT2D eigenvalue weighted by atomic mass is 9.76. The van der Waals surface area contributed by atoms with Crippen molar-refractivity contribution in [1.82, 2.24) is 4.90 Å². The highest BCUT2D eigenvalue weighted by atomic mass is 16.4. The lowest BCUT2D eigenvalue weighted by Gasteiger charge is -2.25. The summed E-state index contributed by atoms with van der Waals surface area (Å²) in [6, 6.07) is 0. The van der Waals surface area contributed by atoms with Gasteiger partial charge < -0.3 is 5.11 Å². The van der Waals surface area contributed by atoms with E-state index in [9.17, 15) is 14.4 Å². The SMILES string of the molecule is C=C(CCCCCCN1C(=O)C2CCC(C)CC2C1=O)C(=O)O. The number of aliphatic carboxylic acids is 1. The summed E-state index contributed by atoms with van der Waals surface area (Å²) >= 11 is 0. The summed E-state index contributed by atoms with van der Waals surface area (Å²) in [7, 11) is 0. The van der Waals surface area contributed by atoms with Crippen molar-refractivity contribution in [2.24, 2.45) is 17.8 Å². The van der Waals surface area contributed by atoms with E-state index < -0.39 is 5.97 Å². The fourth-order valence-electron chi connectivity index (χ4n) is 3.75. The van der Waals surface area contributed by atoms with Crippen LogP contribution in [0.15, 0.2) is 12.2 Å². The van der Waals surface area contributed by atoms with Crippen molar-refractivity contribution in [3.63, 3.8) is 0 Å². The molecule has 0 bridgehead atoms. The van der Waals surface area contributed by atoms with Crippen LogP contribution >= 0.6 is 0 Å². The second-order valence-corrected chi connectivity index (χ2v) is 7.03. The molecule has 1 aliphatic carbocycles. The molecule has 3 atom stereocenters. The molecule has 23 heavy (non-hydrogen) atoms. The summed E-state index contributed by atoms with van der Waals surface area (Å²) in [6.07, 6.45) is 6.62. The topological polar surface area (TPSA) is 74.7 Å². The highest BCUT2D eigenvalue weighted by Crippen LogP contribution is 2.40. The maximum atomic E-state index is 12.4. The molecule has 1 saturated carbocycles. The molecule has 1 N–H and O–H groups in total. The normalized spacial score (nSPS) is 27.2. The molecule has 1 saturated heterocycles. The van der Waals surface area contributed by atoms with Crippen LogP contribution in [0.5, 0.6) is 0 Å². The molecule has 0 aromatic rings. The van der Waals surface area contributed by atoms with Crippen LogP contribution < -0.4 is 0 Å². The van der Waals surface area contributed by atoms with Gasteiger partial charge in [0.25, 0.3) is 0 Å². The third-order valence-corrected chi connectivity index (χ3v) is 5.19. The van der Waals surface area contributed by atoms with Gasteiger partial charge >= 0.3 is 5.97 Å². The van der Waals surface area contributed by atoms with Crippen molar-refractivity contribution in [1.29, 1.82) is 0 Å². The van der Waals surface area contributed by atoms with E-state index in [4.69, 9.17) is 5.11 Å². The van der Waals surface area contributed by atoms with Crippen molar-refractivity contribution in [2.45, 2.75) is 58.3 Å². The molecule has 2 aliphatic rings. The van der Waals surface area contributed by atoms with Crippen LogP contribution in [0.2, 0.25) is 0 Å². The summed E-state index contributed by atoms with van der Waals surface area (Å²) in [5.41, 5.74) is 0.244. The molecule has 0 aromatic heterocycles. The highest BCUT2D eigenvalue weighted by molar-refractivity contribution is 6.05. The van der Waals surface area contributed by atoms with E-state index in [-0.39, 0.29) is 29.2 Å². The van der Waals surface area contributed by atoms with Gasteiger partial charge in [-0.25, -0.2) is 4.79 Å². The van der Waals surface area contributed by atoms with Crippen LogP contribution in [-0.4, -0.2) is 34.3 Å². The average Bonchev–Trinajstić information content (AvgIpc) is 2.74. The van der Waals surface area contributed by atoms with E-state index in [1.54, 1.807) is 0 Å². The molecule has 1 heterocycles. The Morgan fingerprint density at radius 1 is 1.13 bits per heavy atom. The predicted octanol–water partition coefficient (Wildman–Crippen LogP) is 3.00. The fraction of sp³-hybridized carbons (Fsp3) is 0.722. The second-order valence-electron chi connectivity index (χ2n) is 7.03. The number of carbonyl (C=O) groups is 3. The number of amides is 2. The Bertz CT molecular complexity index is 499. The van der Waals surface area contributed by atoms with Crippen LogP contribution in [-0.2, 0) is 14.4 Å². The van der Waals surface area contributed by atoms with Gasteiger partial charge in [-0.3, -0.25) is 14.5 Å². The average molecular weight is 321 g/mol. The smallest absolute Gasteiger partial charge is 0.330 e. The molecule has 2 amide bonds. The van der Waals surface area contributed by atoms with E-state index in [1.165, 1.54) is 4.90 Å². The van der Waals surface area contributed by atoms with Crippen molar-refractivity contribution < 1.29 is 19.5 Å². The predicted molar refractivity (Wildman–Crippen MR) is 86.6 cm³/mol. The zero-order valence-corrected chi connectivity index (χ0v) is 13.9. The number of carboxylic acid groups (broad SMARTS) is 1. The maximum Gasteiger partial charge on any atom is 0.330 e. The van der Waals surface area contributed by atoms with Crippen molar-refractivity contribution in [3.8, 4) is 0 Å². The molecule has 128 valence electrons. The zero-order valence-electron chi connectivity index (χ0n) is 13.9. The molecule has 2 rings (SSSR count). The highest BCUT2D eigenvalue weighted by Gasteiger charge is 2.48. The molecule has 0 aromatic carbocycles. The standard InChI is InChI=1S/C18H27NO4/c1-12-8-9-14-15(11-12)17(21)19(16(14)20)10-6-4-3-5-7-13(2)18(22)23/h12,14-15H,2-11H2,1H3,(H,22,23). The number of hydrogen-bond donors (Lipinski definition) is 1. The number of rotatable bonds is 8. The van der Waals surface area contributed by atoms with Crippen LogP contribution in [0.4, 0.5) is 0 Å². The van der Waals surface area contributed by atoms with Gasteiger partial charge in [-0.2, -0.15) is 0 Å². The number of hydrogen-bond acceptors (Lipinski definition) is 3. The van der Waals surface area contributed by atoms with Gasteiger partial charge in [0.2, 0.25) is 11.8 Å². The van der Waals surface area contributed by atoms with Crippen molar-refractivity contribution in [2.75, 3.05) is 6.54 Å². The number of carbonyl (C=O) groups excluding carboxylic acids is 2. The number of unbranched alkanes of at least 4 members (excludes halogenated alkanes) is 3. The Kier molecular flexibility index (Phi) is 5.97. The Morgan fingerprint density at radius 3 is 2.48 bits per heavy atom. The van der Waals surface area contributed by atoms with Gasteiger partial charge in [0.05, 0.1) is 11.8 Å². The summed E-state index contributed by atoms with van der Waals surface area (Å²) in [5, 5.41) is 8.73. The van der Waals surface area contributed by atoms with Crippen LogP contribution in [0.1, 0.15) is 58.3 Å². The maximum absolute atomic E-state index is 12.4. The van der Waals surface area contributed by atoms with Crippen LogP contribution in [0.3, 0.4) is 0 Å². The molecule has 2 fully saturated rings. The number of fused-ring (bicyclic) bond motifs is 1. The van der Waals surface area contributed by atoms with E-state index in [0.29, 0.717) is 18.9 Å². The molecule has 5 nitrogen and oxygen atoms in total. The first-order chi connectivity index (χ1) is 10.9. The molecule has 0 radical (unpaired) electrons. The summed E-state index contributed by atoms with van der Waals surface area (Å²) in [5.74, 6) is -0.481. The van der Waals surface area contributed by atoms with Gasteiger partial charge in [-0.1, -0.05) is 26.3 Å². The molecule has 3 unspecified atom stereocenters. The van der Waals surface area contributed by atoms with Gasteiger partial charge in [0, 0.05) is 12.1 Å². The molecular weight excluding hydrogens is 294 g/mol. The van der Waals surface area contributed by atoms with E-state index in [0.717, 1.165) is 44.9 Å². The summed E-state index contributed by atoms with van der Waals surface area (Å²) in [6.45, 7) is 6.17. The first kappa shape index (κ1) is 17.7. The summed E-state index contributed by atoms with van der Waals surface area (Å²) in [4.78, 5) is 36.9. The molecule has 1 aliphatic heterocycles.